The maximum absolute atomic E-state index is 12.9. The van der Waals surface area contributed by atoms with Crippen LogP contribution in [-0.4, -0.2) is 15.8 Å². The highest BCUT2D eigenvalue weighted by molar-refractivity contribution is 5.98. The molecule has 0 bridgehead atoms. The van der Waals surface area contributed by atoms with Gasteiger partial charge in [-0.1, -0.05) is 0 Å². The van der Waals surface area contributed by atoms with Crippen molar-refractivity contribution in [3.63, 3.8) is 0 Å². The number of phenolic OH excluding ortho intramolecular Hbond substituents is 1. The van der Waals surface area contributed by atoms with Gasteiger partial charge in [0, 0.05) is 6.07 Å². The van der Waals surface area contributed by atoms with Crippen molar-refractivity contribution in [3.8, 4) is 5.75 Å². The van der Waals surface area contributed by atoms with E-state index in [1.54, 1.807) is 0 Å². The first kappa shape index (κ1) is 10.1. The van der Waals surface area contributed by atoms with E-state index in [4.69, 9.17) is 0 Å². The maximum atomic E-state index is 12.9. The maximum Gasteiger partial charge on any atom is 0.311 e. The molecule has 0 aromatic heterocycles. The second-order valence-electron chi connectivity index (χ2n) is 2.60. The molecule has 0 radical (unpaired) electrons. The standard InChI is InChI=1S/C8H6FNO4/c1-4(11)7-5(9)2-3-6(8(7)12)10(13)14/h2-3,12H,1H3. The van der Waals surface area contributed by atoms with Gasteiger partial charge in [-0.3, -0.25) is 14.9 Å². The van der Waals surface area contributed by atoms with Gasteiger partial charge in [-0.2, -0.15) is 0 Å². The van der Waals surface area contributed by atoms with Crippen molar-refractivity contribution in [2.45, 2.75) is 6.92 Å². The third kappa shape index (κ3) is 1.54. The molecule has 1 N–H and O–H groups in total. The molecule has 0 aliphatic heterocycles. The predicted octanol–water partition coefficient (Wildman–Crippen LogP) is 1.64. The Kier molecular flexibility index (Phi) is 2.46. The van der Waals surface area contributed by atoms with Crippen molar-refractivity contribution in [1.29, 1.82) is 0 Å². The topological polar surface area (TPSA) is 80.4 Å². The van der Waals surface area contributed by atoms with Gasteiger partial charge in [0.15, 0.2) is 5.78 Å². The van der Waals surface area contributed by atoms with Crippen LogP contribution < -0.4 is 0 Å². The average Bonchev–Trinajstić information content (AvgIpc) is 2.02. The van der Waals surface area contributed by atoms with Gasteiger partial charge in [0.2, 0.25) is 5.75 Å². The number of Topliss-reactive ketones (excluding diaryl/α,β-unsaturated/α-hetero) is 1. The summed E-state index contributed by atoms with van der Waals surface area (Å²) in [5.74, 6) is -2.66. The van der Waals surface area contributed by atoms with E-state index in [1.165, 1.54) is 0 Å². The molecule has 0 fully saturated rings. The first-order valence-electron chi connectivity index (χ1n) is 3.62. The van der Waals surface area contributed by atoms with Gasteiger partial charge in [-0.25, -0.2) is 4.39 Å². The molecule has 1 aromatic rings. The van der Waals surface area contributed by atoms with Crippen LogP contribution >= 0.6 is 0 Å². The van der Waals surface area contributed by atoms with E-state index >= 15 is 0 Å². The summed E-state index contributed by atoms with van der Waals surface area (Å²) in [4.78, 5) is 20.3. The number of carbonyl (C=O) groups excluding carboxylic acids is 1. The Morgan fingerprint density at radius 2 is 2.14 bits per heavy atom. The van der Waals surface area contributed by atoms with Gasteiger partial charge in [0.1, 0.15) is 11.4 Å². The lowest BCUT2D eigenvalue weighted by molar-refractivity contribution is -0.385. The highest BCUT2D eigenvalue weighted by Gasteiger charge is 2.22. The Morgan fingerprint density at radius 1 is 1.57 bits per heavy atom. The monoisotopic (exact) mass is 199 g/mol. The van der Waals surface area contributed by atoms with Crippen molar-refractivity contribution >= 4 is 11.5 Å². The summed E-state index contributed by atoms with van der Waals surface area (Å²) in [6, 6.07) is 1.58. The number of hydrogen-bond donors (Lipinski definition) is 1. The molecule has 0 amide bonds. The number of halogens is 1. The fraction of sp³-hybridized carbons (Fsp3) is 0.125. The molecular weight excluding hydrogens is 193 g/mol. The Morgan fingerprint density at radius 3 is 2.57 bits per heavy atom. The van der Waals surface area contributed by atoms with Crippen LogP contribution in [0.4, 0.5) is 10.1 Å². The summed E-state index contributed by atoms with van der Waals surface area (Å²) in [7, 11) is 0. The summed E-state index contributed by atoms with van der Waals surface area (Å²) < 4.78 is 12.9. The van der Waals surface area contributed by atoms with Gasteiger partial charge in [0.05, 0.1) is 4.92 Å². The zero-order chi connectivity index (χ0) is 10.9. The number of aromatic hydroxyl groups is 1. The summed E-state index contributed by atoms with van der Waals surface area (Å²) in [5, 5.41) is 19.5. The van der Waals surface area contributed by atoms with Gasteiger partial charge < -0.3 is 5.11 Å². The van der Waals surface area contributed by atoms with E-state index in [-0.39, 0.29) is 0 Å². The number of nitro groups is 1. The Hall–Kier alpha value is -1.98. The zero-order valence-electron chi connectivity index (χ0n) is 7.15. The number of nitro benzene ring substituents is 1. The fourth-order valence-corrected chi connectivity index (χ4v) is 1.04. The van der Waals surface area contributed by atoms with Crippen LogP contribution in [-0.2, 0) is 0 Å². The minimum absolute atomic E-state index is 0.654. The molecule has 0 aliphatic rings. The largest absolute Gasteiger partial charge is 0.502 e. The van der Waals surface area contributed by atoms with Crippen LogP contribution in [0.25, 0.3) is 0 Å². The summed E-state index contributed by atoms with van der Waals surface area (Å²) in [6.45, 7) is 1.02. The number of rotatable bonds is 2. The van der Waals surface area contributed by atoms with E-state index in [0.717, 1.165) is 19.1 Å². The van der Waals surface area contributed by atoms with Crippen molar-refractivity contribution in [3.05, 3.63) is 33.6 Å². The van der Waals surface area contributed by atoms with Gasteiger partial charge >= 0.3 is 5.69 Å². The lowest BCUT2D eigenvalue weighted by Gasteiger charge is -2.02. The third-order valence-corrected chi connectivity index (χ3v) is 1.65. The summed E-state index contributed by atoms with van der Waals surface area (Å²) >= 11 is 0. The molecule has 0 spiro atoms. The highest BCUT2D eigenvalue weighted by Crippen LogP contribution is 2.31. The quantitative estimate of drug-likeness (QED) is 0.446. The van der Waals surface area contributed by atoms with Crippen molar-refractivity contribution in [2.75, 3.05) is 0 Å². The molecule has 5 nitrogen and oxygen atoms in total. The first-order valence-corrected chi connectivity index (χ1v) is 3.62. The van der Waals surface area contributed by atoms with Crippen LogP contribution in [0, 0.1) is 15.9 Å². The van der Waals surface area contributed by atoms with Gasteiger partial charge in [-0.05, 0) is 13.0 Å². The number of nitrogens with zero attached hydrogens (tertiary/aromatic N) is 1. The lowest BCUT2D eigenvalue weighted by Crippen LogP contribution is -2.00. The van der Waals surface area contributed by atoms with Crippen molar-refractivity contribution in [2.24, 2.45) is 0 Å². The van der Waals surface area contributed by atoms with Crippen LogP contribution in [0.2, 0.25) is 0 Å². The Balaban J connectivity index is 3.49. The molecule has 0 heterocycles. The molecule has 0 atom stereocenters. The smallest absolute Gasteiger partial charge is 0.311 e. The van der Waals surface area contributed by atoms with Crippen LogP contribution in [0.3, 0.4) is 0 Å². The minimum Gasteiger partial charge on any atom is -0.502 e. The van der Waals surface area contributed by atoms with Crippen LogP contribution in [0.1, 0.15) is 17.3 Å². The second kappa shape index (κ2) is 3.41. The Labute approximate surface area is 77.9 Å². The minimum atomic E-state index is -0.972. The molecule has 0 saturated heterocycles. The van der Waals surface area contributed by atoms with Crippen molar-refractivity contribution < 1.29 is 19.2 Å². The highest BCUT2D eigenvalue weighted by atomic mass is 19.1. The molecule has 74 valence electrons. The van der Waals surface area contributed by atoms with E-state index in [9.17, 15) is 24.4 Å². The number of phenols is 1. The number of carbonyl (C=O) groups is 1. The normalized spacial score (nSPS) is 9.86. The third-order valence-electron chi connectivity index (χ3n) is 1.65. The first-order chi connectivity index (χ1) is 6.45. The molecule has 14 heavy (non-hydrogen) atoms. The summed E-state index contributed by atoms with van der Waals surface area (Å²) in [5.41, 5.74) is -1.34. The number of benzene rings is 1. The van der Waals surface area contributed by atoms with E-state index in [1.807, 2.05) is 0 Å². The molecule has 6 heteroatoms. The zero-order valence-corrected chi connectivity index (χ0v) is 7.15. The molecule has 0 saturated carbocycles. The predicted molar refractivity (Wildman–Crippen MR) is 44.7 cm³/mol. The Bertz CT molecular complexity index is 416. The van der Waals surface area contributed by atoms with E-state index < -0.39 is 33.5 Å². The van der Waals surface area contributed by atoms with Crippen LogP contribution in [0.5, 0.6) is 5.75 Å². The van der Waals surface area contributed by atoms with Crippen LogP contribution in [0.15, 0.2) is 12.1 Å². The SMILES string of the molecule is CC(=O)c1c(F)ccc([N+](=O)[O-])c1O. The van der Waals surface area contributed by atoms with E-state index in [2.05, 4.69) is 0 Å². The number of hydrogen-bond acceptors (Lipinski definition) is 4. The fourth-order valence-electron chi connectivity index (χ4n) is 1.04. The molecule has 0 aliphatic carbocycles. The molecule has 1 aromatic carbocycles. The average molecular weight is 199 g/mol. The molecule has 1 rings (SSSR count). The van der Waals surface area contributed by atoms with Crippen molar-refractivity contribution in [1.82, 2.24) is 0 Å². The molecule has 0 unspecified atom stereocenters. The second-order valence-corrected chi connectivity index (χ2v) is 2.60. The summed E-state index contributed by atoms with van der Waals surface area (Å²) in [6.07, 6.45) is 0. The number of ketones is 1. The lowest BCUT2D eigenvalue weighted by atomic mass is 10.1. The molecular formula is C8H6FNO4. The van der Waals surface area contributed by atoms with Gasteiger partial charge in [0.25, 0.3) is 0 Å². The van der Waals surface area contributed by atoms with Gasteiger partial charge in [-0.15, -0.1) is 0 Å². The van der Waals surface area contributed by atoms with E-state index in [0.29, 0.717) is 0 Å².